The summed E-state index contributed by atoms with van der Waals surface area (Å²) in [6, 6.07) is 16.9. The first kappa shape index (κ1) is 19.2. The van der Waals surface area contributed by atoms with E-state index >= 15 is 0 Å². The first-order valence-electron chi connectivity index (χ1n) is 9.06. The van der Waals surface area contributed by atoms with Crippen molar-refractivity contribution >= 4 is 29.2 Å². The summed E-state index contributed by atoms with van der Waals surface area (Å²) in [7, 11) is 0. The molecule has 1 saturated heterocycles. The Morgan fingerprint density at radius 2 is 1.78 bits per heavy atom. The van der Waals surface area contributed by atoms with Gasteiger partial charge < -0.3 is 15.1 Å². The highest BCUT2D eigenvalue weighted by atomic mass is 35.5. The molecule has 1 heterocycles. The maximum absolute atomic E-state index is 12.1. The van der Waals surface area contributed by atoms with Crippen LogP contribution in [0.3, 0.4) is 0 Å². The number of anilines is 1. The van der Waals surface area contributed by atoms with E-state index in [9.17, 15) is 9.59 Å². The zero-order chi connectivity index (χ0) is 19.1. The number of imide groups is 1. The first-order valence-corrected chi connectivity index (χ1v) is 9.43. The summed E-state index contributed by atoms with van der Waals surface area (Å²) in [6.07, 6.45) is 0. The first-order chi connectivity index (χ1) is 13.1. The van der Waals surface area contributed by atoms with Crippen molar-refractivity contribution in [3.63, 3.8) is 0 Å². The second-order valence-electron chi connectivity index (χ2n) is 6.61. The van der Waals surface area contributed by atoms with E-state index in [1.54, 1.807) is 0 Å². The minimum absolute atomic E-state index is 0.258. The van der Waals surface area contributed by atoms with Gasteiger partial charge in [0.2, 0.25) is 0 Å². The lowest BCUT2D eigenvalue weighted by atomic mass is 10.2. The van der Waals surface area contributed by atoms with Gasteiger partial charge in [0.1, 0.15) is 0 Å². The number of hydrogen-bond donors (Lipinski definition) is 3. The van der Waals surface area contributed by atoms with E-state index in [1.165, 1.54) is 4.90 Å². The Bertz CT molecular complexity index is 777. The molecule has 0 unspecified atom stereocenters. The smallest absolute Gasteiger partial charge is 0.321 e. The van der Waals surface area contributed by atoms with Crippen LogP contribution in [0.2, 0.25) is 5.02 Å². The van der Waals surface area contributed by atoms with Crippen LogP contribution in [0.5, 0.6) is 0 Å². The highest BCUT2D eigenvalue weighted by Gasteiger charge is 2.23. The standard InChI is InChI=1S/C20H23ClN4O2/c21-17-7-4-8-18(13-17)25-11-9-24(10-12-25)15-19(26)23-20(27)22-14-16-5-2-1-3-6-16/h1-8,13H,9-12,14-15H2,(H2,22,23,26,27)/p+1. The number of quaternary nitrogens is 1. The van der Waals surface area contributed by atoms with Gasteiger partial charge in [0, 0.05) is 17.3 Å². The van der Waals surface area contributed by atoms with Crippen molar-refractivity contribution in [2.24, 2.45) is 0 Å². The number of carbonyl (C=O) groups is 2. The maximum Gasteiger partial charge on any atom is 0.321 e. The van der Waals surface area contributed by atoms with Crippen molar-refractivity contribution < 1.29 is 14.5 Å². The Hall–Kier alpha value is -2.57. The monoisotopic (exact) mass is 387 g/mol. The molecule has 3 rings (SSSR count). The molecule has 1 fully saturated rings. The largest absolute Gasteiger partial charge is 0.360 e. The number of urea groups is 1. The maximum atomic E-state index is 12.1. The summed E-state index contributed by atoms with van der Waals surface area (Å²) in [5.41, 5.74) is 2.09. The van der Waals surface area contributed by atoms with Crippen molar-refractivity contribution in [3.05, 3.63) is 65.2 Å². The van der Waals surface area contributed by atoms with Crippen LogP contribution in [-0.4, -0.2) is 44.7 Å². The zero-order valence-corrected chi connectivity index (χ0v) is 15.8. The Balaban J connectivity index is 1.38. The average Bonchev–Trinajstić information content (AvgIpc) is 2.68. The Kier molecular flexibility index (Phi) is 6.68. The Morgan fingerprint density at radius 3 is 2.48 bits per heavy atom. The van der Waals surface area contributed by atoms with Crippen LogP contribution in [0.15, 0.2) is 54.6 Å². The molecule has 0 saturated carbocycles. The molecule has 0 aliphatic carbocycles. The lowest BCUT2D eigenvalue weighted by Crippen LogP contribution is -3.16. The molecule has 0 atom stereocenters. The lowest BCUT2D eigenvalue weighted by Gasteiger charge is -2.33. The number of rotatable bonds is 5. The van der Waals surface area contributed by atoms with Crippen LogP contribution in [0.1, 0.15) is 5.56 Å². The fraction of sp³-hybridized carbons (Fsp3) is 0.300. The van der Waals surface area contributed by atoms with E-state index in [2.05, 4.69) is 15.5 Å². The van der Waals surface area contributed by atoms with Gasteiger partial charge in [0.25, 0.3) is 5.91 Å². The number of nitrogens with zero attached hydrogens (tertiary/aromatic N) is 1. The van der Waals surface area contributed by atoms with Crippen molar-refractivity contribution in [2.75, 3.05) is 37.6 Å². The molecule has 0 spiro atoms. The minimum atomic E-state index is -0.458. The topological polar surface area (TPSA) is 65.9 Å². The van der Waals surface area contributed by atoms with Gasteiger partial charge in [-0.25, -0.2) is 4.79 Å². The molecule has 142 valence electrons. The molecular formula is C20H24ClN4O2+. The number of piperazine rings is 1. The fourth-order valence-corrected chi connectivity index (χ4v) is 3.34. The molecule has 2 aromatic rings. The van der Waals surface area contributed by atoms with Gasteiger partial charge in [-0.15, -0.1) is 0 Å². The third-order valence-electron chi connectivity index (χ3n) is 4.60. The highest BCUT2D eigenvalue weighted by molar-refractivity contribution is 6.30. The summed E-state index contributed by atoms with van der Waals surface area (Å²) < 4.78 is 0. The molecule has 7 heteroatoms. The van der Waals surface area contributed by atoms with Gasteiger partial charge in [0.15, 0.2) is 6.54 Å². The quantitative estimate of drug-likeness (QED) is 0.719. The molecule has 2 aromatic carbocycles. The van der Waals surface area contributed by atoms with Gasteiger partial charge >= 0.3 is 6.03 Å². The van der Waals surface area contributed by atoms with E-state index < -0.39 is 6.03 Å². The van der Waals surface area contributed by atoms with E-state index in [-0.39, 0.29) is 5.91 Å². The molecule has 1 aliphatic heterocycles. The van der Waals surface area contributed by atoms with Gasteiger partial charge in [0.05, 0.1) is 26.2 Å². The third-order valence-corrected chi connectivity index (χ3v) is 4.84. The molecule has 1 aliphatic rings. The van der Waals surface area contributed by atoms with Gasteiger partial charge in [-0.05, 0) is 23.8 Å². The molecular weight excluding hydrogens is 364 g/mol. The van der Waals surface area contributed by atoms with Crippen molar-refractivity contribution in [3.8, 4) is 0 Å². The van der Waals surface area contributed by atoms with Crippen LogP contribution in [0, 0.1) is 0 Å². The molecule has 3 amide bonds. The second kappa shape index (κ2) is 9.39. The molecule has 27 heavy (non-hydrogen) atoms. The Morgan fingerprint density at radius 1 is 1.04 bits per heavy atom. The number of carbonyl (C=O) groups excluding carboxylic acids is 2. The normalized spacial score (nSPS) is 14.6. The van der Waals surface area contributed by atoms with E-state index in [0.717, 1.165) is 42.5 Å². The number of hydrogen-bond acceptors (Lipinski definition) is 3. The number of halogens is 1. The van der Waals surface area contributed by atoms with Crippen LogP contribution in [-0.2, 0) is 11.3 Å². The highest BCUT2D eigenvalue weighted by Crippen LogP contribution is 2.19. The summed E-state index contributed by atoms with van der Waals surface area (Å²) in [6.45, 7) is 4.07. The van der Waals surface area contributed by atoms with Crippen molar-refractivity contribution in [1.82, 2.24) is 10.6 Å². The van der Waals surface area contributed by atoms with E-state index in [1.807, 2.05) is 54.6 Å². The number of benzene rings is 2. The number of nitrogens with one attached hydrogen (secondary N) is 3. The minimum Gasteiger partial charge on any atom is -0.360 e. The second-order valence-corrected chi connectivity index (χ2v) is 7.05. The predicted molar refractivity (Wildman–Crippen MR) is 106 cm³/mol. The van der Waals surface area contributed by atoms with Crippen LogP contribution < -0.4 is 20.4 Å². The summed E-state index contributed by atoms with van der Waals surface area (Å²) in [4.78, 5) is 27.4. The van der Waals surface area contributed by atoms with Crippen molar-refractivity contribution in [1.29, 1.82) is 0 Å². The van der Waals surface area contributed by atoms with E-state index in [0.29, 0.717) is 13.1 Å². The molecule has 0 radical (unpaired) electrons. The SMILES string of the molecule is O=C(C[NH+]1CCN(c2cccc(Cl)c2)CC1)NC(=O)NCc1ccccc1. The third kappa shape index (κ3) is 5.98. The predicted octanol–water partition coefficient (Wildman–Crippen LogP) is 1.07. The lowest BCUT2D eigenvalue weighted by molar-refractivity contribution is -0.892. The summed E-state index contributed by atoms with van der Waals surface area (Å²) in [5.74, 6) is -0.258. The average molecular weight is 388 g/mol. The molecule has 0 bridgehead atoms. The van der Waals surface area contributed by atoms with Crippen LogP contribution >= 0.6 is 11.6 Å². The van der Waals surface area contributed by atoms with Crippen LogP contribution in [0.25, 0.3) is 0 Å². The number of amides is 3. The fourth-order valence-electron chi connectivity index (χ4n) is 3.15. The molecule has 0 aromatic heterocycles. The summed E-state index contributed by atoms with van der Waals surface area (Å²) >= 11 is 6.05. The van der Waals surface area contributed by atoms with E-state index in [4.69, 9.17) is 11.6 Å². The van der Waals surface area contributed by atoms with Gasteiger partial charge in [-0.3, -0.25) is 10.1 Å². The van der Waals surface area contributed by atoms with Crippen LogP contribution in [0.4, 0.5) is 10.5 Å². The molecule has 3 N–H and O–H groups in total. The Labute approximate surface area is 164 Å². The zero-order valence-electron chi connectivity index (χ0n) is 15.1. The van der Waals surface area contributed by atoms with Crippen molar-refractivity contribution in [2.45, 2.75) is 6.54 Å². The summed E-state index contributed by atoms with van der Waals surface area (Å²) in [5, 5.41) is 5.83. The van der Waals surface area contributed by atoms with Gasteiger partial charge in [-0.2, -0.15) is 0 Å². The van der Waals surface area contributed by atoms with Gasteiger partial charge in [-0.1, -0.05) is 48.0 Å². The molecule has 6 nitrogen and oxygen atoms in total.